The van der Waals surface area contributed by atoms with Crippen molar-refractivity contribution in [1.82, 2.24) is 24.1 Å². The number of aromatic nitrogens is 4. The average Bonchev–Trinajstić information content (AvgIpc) is 3.59. The zero-order chi connectivity index (χ0) is 25.7. The molecule has 0 bridgehead atoms. The minimum absolute atomic E-state index is 0.0128. The molecule has 1 spiro atoms. The van der Waals surface area contributed by atoms with Gasteiger partial charge in [0.1, 0.15) is 5.69 Å². The van der Waals surface area contributed by atoms with Crippen molar-refractivity contribution in [2.45, 2.75) is 45.8 Å². The summed E-state index contributed by atoms with van der Waals surface area (Å²) in [6.45, 7) is 8.21. The molecular weight excluding hydrogens is 490 g/mol. The smallest absolute Gasteiger partial charge is 0.268 e. The summed E-state index contributed by atoms with van der Waals surface area (Å²) in [7, 11) is 0. The lowest BCUT2D eigenvalue weighted by Crippen LogP contribution is -2.47. The van der Waals surface area contributed by atoms with Gasteiger partial charge in [-0.1, -0.05) is 12.1 Å². The Labute approximate surface area is 218 Å². The fraction of sp³-hybridized carbons (Fsp3) is 0.407. The molecule has 1 amide bonds. The fourth-order valence-electron chi connectivity index (χ4n) is 5.29. The van der Waals surface area contributed by atoms with Crippen LogP contribution in [0.25, 0.3) is 21.9 Å². The number of fused-ring (bicyclic) bond motifs is 1. The topological polar surface area (TPSA) is 91.0 Å². The predicted molar refractivity (Wildman–Crippen MR) is 140 cm³/mol. The minimum atomic E-state index is -0.529. The van der Waals surface area contributed by atoms with Crippen molar-refractivity contribution < 1.29 is 14.3 Å². The lowest BCUT2D eigenvalue weighted by Gasteiger charge is -2.37. The van der Waals surface area contributed by atoms with E-state index in [9.17, 15) is 9.59 Å². The highest BCUT2D eigenvalue weighted by atomic mass is 32.1. The molecule has 2 aliphatic heterocycles. The second-order valence-electron chi connectivity index (χ2n) is 9.81. The number of hydrogen-bond donors (Lipinski definition) is 0. The van der Waals surface area contributed by atoms with Crippen molar-refractivity contribution >= 4 is 22.2 Å². The second-order valence-corrected chi connectivity index (χ2v) is 10.6. The molecule has 0 radical (unpaired) electrons. The highest BCUT2D eigenvalue weighted by Gasteiger charge is 2.40. The third-order valence-electron chi connectivity index (χ3n) is 7.23. The van der Waals surface area contributed by atoms with Crippen LogP contribution < -0.4 is 5.56 Å². The van der Waals surface area contributed by atoms with Crippen LogP contribution >= 0.6 is 11.3 Å². The molecule has 10 heteroatoms. The Hall–Kier alpha value is -3.34. The molecule has 6 rings (SSSR count). The molecule has 9 nitrogen and oxygen atoms in total. The number of hydrogen-bond acceptors (Lipinski definition) is 7. The summed E-state index contributed by atoms with van der Waals surface area (Å²) in [5.74, 6) is -0.541. The standard InChI is InChI=1S/C27H29N5O4S/c1-17-5-4-6-20(13-17)32-18(2)14-22(29-32)24-19(3)28-26-31(25(24)34)21(16-37-26)15-23(33)30-9-7-27(8-10-30)35-11-12-36-27/h4-6,13-14,16H,7-12,15H2,1-3H3. The summed E-state index contributed by atoms with van der Waals surface area (Å²) in [6, 6.07) is 9.99. The van der Waals surface area contributed by atoms with Crippen molar-refractivity contribution in [3.63, 3.8) is 0 Å². The maximum atomic E-state index is 13.8. The Balaban J connectivity index is 1.30. The molecule has 0 atom stereocenters. The molecule has 1 aromatic carbocycles. The zero-order valence-electron chi connectivity index (χ0n) is 21.2. The van der Waals surface area contributed by atoms with Crippen molar-refractivity contribution in [1.29, 1.82) is 0 Å². The van der Waals surface area contributed by atoms with Crippen LogP contribution in [0.5, 0.6) is 0 Å². The number of benzene rings is 1. The van der Waals surface area contributed by atoms with Crippen LogP contribution in [0.1, 0.15) is 35.5 Å². The maximum absolute atomic E-state index is 13.8. The Morgan fingerprint density at radius 3 is 2.59 bits per heavy atom. The summed E-state index contributed by atoms with van der Waals surface area (Å²) >= 11 is 1.37. The Kier molecular flexibility index (Phi) is 5.97. The molecule has 2 saturated heterocycles. The average molecular weight is 520 g/mol. The van der Waals surface area contributed by atoms with Gasteiger partial charge in [-0.05, 0) is 44.5 Å². The number of likely N-dealkylation sites (tertiary alicyclic amines) is 1. The molecule has 0 N–H and O–H groups in total. The maximum Gasteiger partial charge on any atom is 0.268 e. The number of amides is 1. The van der Waals surface area contributed by atoms with E-state index in [1.54, 1.807) is 4.40 Å². The molecule has 0 saturated carbocycles. The van der Waals surface area contributed by atoms with E-state index >= 15 is 0 Å². The lowest BCUT2D eigenvalue weighted by molar-refractivity contribution is -0.187. The van der Waals surface area contributed by atoms with Gasteiger partial charge in [0.25, 0.3) is 5.56 Å². The van der Waals surface area contributed by atoms with Crippen LogP contribution in [0.3, 0.4) is 0 Å². The number of carbonyl (C=O) groups excluding carboxylic acids is 1. The van der Waals surface area contributed by atoms with E-state index in [4.69, 9.17) is 19.6 Å². The minimum Gasteiger partial charge on any atom is -0.347 e. The first-order chi connectivity index (χ1) is 17.8. The number of thiazole rings is 1. The quantitative estimate of drug-likeness (QED) is 0.410. The molecule has 5 heterocycles. The largest absolute Gasteiger partial charge is 0.347 e. The number of nitrogens with zero attached hydrogens (tertiary/aromatic N) is 5. The van der Waals surface area contributed by atoms with Crippen molar-refractivity contribution in [2.75, 3.05) is 26.3 Å². The van der Waals surface area contributed by atoms with Gasteiger partial charge in [0, 0.05) is 42.7 Å². The summed E-state index contributed by atoms with van der Waals surface area (Å²) < 4.78 is 15.0. The predicted octanol–water partition coefficient (Wildman–Crippen LogP) is 3.44. The Bertz CT molecular complexity index is 1550. The van der Waals surface area contributed by atoms with Gasteiger partial charge >= 0.3 is 0 Å². The van der Waals surface area contributed by atoms with Crippen molar-refractivity contribution in [3.05, 3.63) is 68.7 Å². The zero-order valence-corrected chi connectivity index (χ0v) is 22.0. The normalized spacial score (nSPS) is 17.2. The van der Waals surface area contributed by atoms with Crippen molar-refractivity contribution in [3.8, 4) is 16.9 Å². The number of piperidine rings is 1. The van der Waals surface area contributed by atoms with Crippen LogP contribution in [0.2, 0.25) is 0 Å². The van der Waals surface area contributed by atoms with Crippen LogP contribution in [0, 0.1) is 20.8 Å². The summed E-state index contributed by atoms with van der Waals surface area (Å²) in [6.07, 6.45) is 1.46. The monoisotopic (exact) mass is 519 g/mol. The van der Waals surface area contributed by atoms with Crippen LogP contribution in [0.15, 0.2) is 40.5 Å². The first-order valence-corrected chi connectivity index (χ1v) is 13.4. The number of rotatable bonds is 4. The third kappa shape index (κ3) is 4.28. The van der Waals surface area contributed by atoms with Gasteiger partial charge in [0.15, 0.2) is 10.7 Å². The lowest BCUT2D eigenvalue weighted by atomic mass is 10.0. The molecule has 4 aromatic rings. The molecule has 2 aliphatic rings. The van der Waals surface area contributed by atoms with E-state index < -0.39 is 5.79 Å². The van der Waals surface area contributed by atoms with E-state index in [1.807, 2.05) is 60.0 Å². The highest BCUT2D eigenvalue weighted by Crippen LogP contribution is 2.31. The van der Waals surface area contributed by atoms with Gasteiger partial charge < -0.3 is 14.4 Å². The molecule has 192 valence electrons. The summed E-state index contributed by atoms with van der Waals surface area (Å²) in [5, 5.41) is 6.63. The number of carbonyl (C=O) groups is 1. The van der Waals surface area contributed by atoms with Crippen molar-refractivity contribution in [2.24, 2.45) is 0 Å². The van der Waals surface area contributed by atoms with Gasteiger partial charge in [-0.2, -0.15) is 5.10 Å². The molecule has 0 aliphatic carbocycles. The van der Waals surface area contributed by atoms with E-state index in [0.29, 0.717) is 66.8 Å². The Morgan fingerprint density at radius 2 is 1.86 bits per heavy atom. The van der Waals surface area contributed by atoms with E-state index in [0.717, 1.165) is 16.9 Å². The fourth-order valence-corrected chi connectivity index (χ4v) is 6.22. The highest BCUT2D eigenvalue weighted by molar-refractivity contribution is 7.15. The summed E-state index contributed by atoms with van der Waals surface area (Å²) in [4.78, 5) is 34.1. The SMILES string of the molecule is Cc1cccc(-n2nc(-c3c(C)nc4scc(CC(=O)N5CCC6(CC5)OCCO6)n4c3=O)cc2C)c1. The van der Waals surface area contributed by atoms with Gasteiger partial charge in [-0.15, -0.1) is 11.3 Å². The second kappa shape index (κ2) is 9.20. The first kappa shape index (κ1) is 24.0. The van der Waals surface area contributed by atoms with E-state index in [-0.39, 0.29) is 17.9 Å². The third-order valence-corrected chi connectivity index (χ3v) is 8.11. The molecule has 3 aromatic heterocycles. The first-order valence-electron chi connectivity index (χ1n) is 12.5. The Morgan fingerprint density at radius 1 is 1.11 bits per heavy atom. The molecule has 37 heavy (non-hydrogen) atoms. The van der Waals surface area contributed by atoms with Crippen LogP contribution in [-0.2, 0) is 20.7 Å². The van der Waals surface area contributed by atoms with Gasteiger partial charge in [0.05, 0.1) is 36.6 Å². The molecule has 0 unspecified atom stereocenters. The van der Waals surface area contributed by atoms with E-state index in [1.165, 1.54) is 11.3 Å². The van der Waals surface area contributed by atoms with Crippen LogP contribution in [-0.4, -0.2) is 62.1 Å². The van der Waals surface area contributed by atoms with E-state index in [2.05, 4.69) is 6.07 Å². The van der Waals surface area contributed by atoms with Gasteiger partial charge in [-0.25, -0.2) is 9.67 Å². The van der Waals surface area contributed by atoms with Crippen LogP contribution in [0.4, 0.5) is 0 Å². The summed E-state index contributed by atoms with van der Waals surface area (Å²) in [5.41, 5.74) is 5.08. The number of ether oxygens (including phenoxy) is 2. The molecular formula is C27H29N5O4S. The number of aryl methyl sites for hydroxylation is 3. The molecule has 2 fully saturated rings. The van der Waals surface area contributed by atoms with Gasteiger partial charge in [0.2, 0.25) is 5.91 Å². The van der Waals surface area contributed by atoms with Gasteiger partial charge in [-0.3, -0.25) is 14.0 Å².